The minimum absolute atomic E-state index is 0.128. The largest absolute Gasteiger partial charge is 0.478 e. The number of hydrogen-bond acceptors (Lipinski definition) is 4. The molecule has 5 nitrogen and oxygen atoms in total. The Morgan fingerprint density at radius 2 is 2.15 bits per heavy atom. The van der Waals surface area contributed by atoms with Crippen molar-refractivity contribution in [3.8, 4) is 5.88 Å². The summed E-state index contributed by atoms with van der Waals surface area (Å²) in [5, 5.41) is 2.75. The lowest BCUT2D eigenvalue weighted by Gasteiger charge is -2.07. The van der Waals surface area contributed by atoms with Gasteiger partial charge in [-0.15, -0.1) is 0 Å². The van der Waals surface area contributed by atoms with Gasteiger partial charge in [-0.2, -0.15) is 4.98 Å². The van der Waals surface area contributed by atoms with Gasteiger partial charge in [0, 0.05) is 18.0 Å². The third-order valence-electron chi connectivity index (χ3n) is 2.62. The van der Waals surface area contributed by atoms with E-state index in [1.54, 1.807) is 24.4 Å². The monoisotopic (exact) mass is 271 g/mol. The van der Waals surface area contributed by atoms with Crippen LogP contribution in [0.3, 0.4) is 0 Å². The quantitative estimate of drug-likeness (QED) is 0.906. The van der Waals surface area contributed by atoms with Gasteiger partial charge in [-0.25, -0.2) is 0 Å². The normalized spacial score (nSPS) is 10.1. The second kappa shape index (κ2) is 6.65. The van der Waals surface area contributed by atoms with E-state index < -0.39 is 0 Å². The van der Waals surface area contributed by atoms with Gasteiger partial charge in [0.05, 0.1) is 13.0 Å². The molecular weight excluding hydrogens is 254 g/mol. The molecule has 0 spiro atoms. The molecule has 2 aromatic heterocycles. The lowest BCUT2D eigenvalue weighted by molar-refractivity contribution is -0.115. The van der Waals surface area contributed by atoms with Gasteiger partial charge in [-0.05, 0) is 31.5 Å². The molecule has 2 heterocycles. The van der Waals surface area contributed by atoms with Crippen LogP contribution in [0.5, 0.6) is 5.88 Å². The lowest BCUT2D eigenvalue weighted by Crippen LogP contribution is -2.15. The first-order valence-electron chi connectivity index (χ1n) is 6.48. The minimum Gasteiger partial charge on any atom is -0.478 e. The Kier molecular flexibility index (Phi) is 4.65. The molecule has 0 fully saturated rings. The van der Waals surface area contributed by atoms with Crippen molar-refractivity contribution in [2.24, 2.45) is 0 Å². The van der Waals surface area contributed by atoms with Crippen LogP contribution in [-0.2, 0) is 11.2 Å². The van der Waals surface area contributed by atoms with Crippen LogP contribution in [0.2, 0.25) is 0 Å². The van der Waals surface area contributed by atoms with Crippen molar-refractivity contribution in [3.05, 3.63) is 47.8 Å². The molecule has 0 aliphatic rings. The van der Waals surface area contributed by atoms with Crippen LogP contribution in [-0.4, -0.2) is 22.5 Å². The highest BCUT2D eigenvalue weighted by Gasteiger charge is 2.06. The topological polar surface area (TPSA) is 64.1 Å². The molecule has 0 aliphatic carbocycles. The van der Waals surface area contributed by atoms with Gasteiger partial charge in [0.15, 0.2) is 0 Å². The molecule has 0 saturated heterocycles. The summed E-state index contributed by atoms with van der Waals surface area (Å²) in [6, 6.07) is 9.06. The summed E-state index contributed by atoms with van der Waals surface area (Å²) in [6.07, 6.45) is 1.98. The molecule has 2 aromatic rings. The van der Waals surface area contributed by atoms with Gasteiger partial charge in [0.2, 0.25) is 11.8 Å². The van der Waals surface area contributed by atoms with Crippen molar-refractivity contribution in [3.63, 3.8) is 0 Å². The number of amides is 1. The van der Waals surface area contributed by atoms with Crippen molar-refractivity contribution >= 4 is 11.7 Å². The molecule has 20 heavy (non-hydrogen) atoms. The fourth-order valence-electron chi connectivity index (χ4n) is 1.69. The molecule has 0 radical (unpaired) electrons. The Balaban J connectivity index is 1.97. The van der Waals surface area contributed by atoms with Crippen LogP contribution >= 0.6 is 0 Å². The maximum atomic E-state index is 11.9. The predicted molar refractivity (Wildman–Crippen MR) is 76.7 cm³/mol. The zero-order chi connectivity index (χ0) is 14.4. The van der Waals surface area contributed by atoms with Gasteiger partial charge in [-0.1, -0.05) is 12.1 Å². The van der Waals surface area contributed by atoms with E-state index in [4.69, 9.17) is 4.74 Å². The molecule has 0 bridgehead atoms. The van der Waals surface area contributed by atoms with Gasteiger partial charge in [-0.3, -0.25) is 9.78 Å². The Bertz CT molecular complexity index is 582. The summed E-state index contributed by atoms with van der Waals surface area (Å²) in [5.41, 5.74) is 1.80. The highest BCUT2D eigenvalue weighted by Crippen LogP contribution is 2.11. The number of nitrogens with one attached hydrogen (secondary N) is 1. The Morgan fingerprint density at radius 3 is 2.85 bits per heavy atom. The first-order valence-corrected chi connectivity index (χ1v) is 6.48. The van der Waals surface area contributed by atoms with Crippen LogP contribution in [0.25, 0.3) is 0 Å². The second-order valence-electron chi connectivity index (χ2n) is 4.33. The number of aryl methyl sites for hydroxylation is 1. The van der Waals surface area contributed by atoms with Crippen LogP contribution < -0.4 is 10.1 Å². The highest BCUT2D eigenvalue weighted by molar-refractivity contribution is 5.91. The van der Waals surface area contributed by atoms with E-state index in [1.165, 1.54) is 0 Å². The third kappa shape index (κ3) is 4.05. The predicted octanol–water partition coefficient (Wildman–Crippen LogP) is 2.36. The molecule has 0 unspecified atom stereocenters. The maximum absolute atomic E-state index is 11.9. The molecule has 0 aromatic carbocycles. The first kappa shape index (κ1) is 14.0. The zero-order valence-corrected chi connectivity index (χ0v) is 11.6. The Labute approximate surface area is 118 Å². The molecule has 5 heteroatoms. The van der Waals surface area contributed by atoms with E-state index >= 15 is 0 Å². The van der Waals surface area contributed by atoms with Crippen LogP contribution in [0, 0.1) is 6.92 Å². The highest BCUT2D eigenvalue weighted by atomic mass is 16.5. The maximum Gasteiger partial charge on any atom is 0.230 e. The number of nitrogens with zero attached hydrogens (tertiary/aromatic N) is 2. The molecule has 104 valence electrons. The van der Waals surface area contributed by atoms with Gasteiger partial charge < -0.3 is 10.1 Å². The minimum atomic E-state index is -0.128. The molecule has 1 N–H and O–H groups in total. The summed E-state index contributed by atoms with van der Waals surface area (Å²) >= 11 is 0. The number of carbonyl (C=O) groups is 1. The number of hydrogen-bond donors (Lipinski definition) is 1. The smallest absolute Gasteiger partial charge is 0.230 e. The zero-order valence-electron chi connectivity index (χ0n) is 11.6. The van der Waals surface area contributed by atoms with E-state index in [1.807, 2.05) is 26.0 Å². The van der Waals surface area contributed by atoms with E-state index in [0.717, 1.165) is 11.3 Å². The number of anilines is 1. The SMILES string of the molecule is CCOc1cccc(NC(=O)Cc2ccc(C)nc2)n1. The molecule has 2 rings (SSSR count). The van der Waals surface area contributed by atoms with Gasteiger partial charge in [0.25, 0.3) is 0 Å². The summed E-state index contributed by atoms with van der Waals surface area (Å²) < 4.78 is 5.29. The van der Waals surface area contributed by atoms with Crippen molar-refractivity contribution < 1.29 is 9.53 Å². The first-order chi connectivity index (χ1) is 9.67. The number of carbonyl (C=O) groups excluding carboxylic acids is 1. The number of rotatable bonds is 5. The number of aromatic nitrogens is 2. The van der Waals surface area contributed by atoms with E-state index in [-0.39, 0.29) is 12.3 Å². The van der Waals surface area contributed by atoms with Crippen molar-refractivity contribution in [1.82, 2.24) is 9.97 Å². The lowest BCUT2D eigenvalue weighted by atomic mass is 10.2. The summed E-state index contributed by atoms with van der Waals surface area (Å²) in [4.78, 5) is 20.3. The summed E-state index contributed by atoms with van der Waals surface area (Å²) in [5.74, 6) is 0.861. The van der Waals surface area contributed by atoms with Gasteiger partial charge in [0.1, 0.15) is 5.82 Å². The van der Waals surface area contributed by atoms with E-state index in [9.17, 15) is 4.79 Å². The molecule has 0 aliphatic heterocycles. The van der Waals surface area contributed by atoms with Crippen LogP contribution in [0.1, 0.15) is 18.2 Å². The molecular formula is C15H17N3O2. The van der Waals surface area contributed by atoms with Crippen LogP contribution in [0.4, 0.5) is 5.82 Å². The fraction of sp³-hybridized carbons (Fsp3) is 0.267. The summed E-state index contributed by atoms with van der Waals surface area (Å²) in [7, 11) is 0. The van der Waals surface area contributed by atoms with Crippen molar-refractivity contribution in [1.29, 1.82) is 0 Å². The van der Waals surface area contributed by atoms with E-state index in [0.29, 0.717) is 18.3 Å². The average Bonchev–Trinajstić information content (AvgIpc) is 2.42. The Hall–Kier alpha value is -2.43. The van der Waals surface area contributed by atoms with E-state index in [2.05, 4.69) is 15.3 Å². The van der Waals surface area contributed by atoms with Crippen LogP contribution in [0.15, 0.2) is 36.5 Å². The third-order valence-corrected chi connectivity index (χ3v) is 2.62. The number of ether oxygens (including phenoxy) is 1. The molecule has 0 saturated carbocycles. The van der Waals surface area contributed by atoms with Crippen molar-refractivity contribution in [2.75, 3.05) is 11.9 Å². The fourth-order valence-corrected chi connectivity index (χ4v) is 1.69. The van der Waals surface area contributed by atoms with Gasteiger partial charge >= 0.3 is 0 Å². The average molecular weight is 271 g/mol. The standard InChI is InChI=1S/C15H17N3O2/c1-3-20-15-6-4-5-13(18-15)17-14(19)9-12-8-7-11(2)16-10-12/h4-8,10H,3,9H2,1-2H3,(H,17,18,19). The number of pyridine rings is 2. The summed E-state index contributed by atoms with van der Waals surface area (Å²) in [6.45, 7) is 4.34. The molecule has 1 amide bonds. The Morgan fingerprint density at radius 1 is 1.30 bits per heavy atom. The van der Waals surface area contributed by atoms with Crippen molar-refractivity contribution in [2.45, 2.75) is 20.3 Å². The molecule has 0 atom stereocenters. The second-order valence-corrected chi connectivity index (χ2v) is 4.33.